The molecule has 5 heteroatoms. The van der Waals surface area contributed by atoms with E-state index in [1.807, 2.05) is 36.9 Å². The van der Waals surface area contributed by atoms with Crippen LogP contribution in [0.25, 0.3) is 10.9 Å². The van der Waals surface area contributed by atoms with Crippen molar-refractivity contribution in [1.29, 1.82) is 0 Å². The quantitative estimate of drug-likeness (QED) is 0.689. The highest BCUT2D eigenvalue weighted by atomic mass is 16.2. The summed E-state index contributed by atoms with van der Waals surface area (Å²) >= 11 is 0. The Morgan fingerprint density at radius 1 is 1.24 bits per heavy atom. The molecular formula is C24H27N3O2. The first-order valence-electron chi connectivity index (χ1n) is 10.2. The molecule has 0 saturated carbocycles. The number of benzene rings is 2. The molecule has 2 heterocycles. The second kappa shape index (κ2) is 7.39. The maximum Gasteiger partial charge on any atom is 0.228 e. The molecule has 1 aliphatic rings. The third kappa shape index (κ3) is 3.41. The molecule has 150 valence electrons. The summed E-state index contributed by atoms with van der Waals surface area (Å²) in [5.41, 5.74) is 7.30. The second-order valence-electron chi connectivity index (χ2n) is 7.93. The van der Waals surface area contributed by atoms with Gasteiger partial charge in [0.25, 0.3) is 0 Å². The zero-order valence-electron chi connectivity index (χ0n) is 17.4. The Kier molecular flexibility index (Phi) is 4.91. The first-order chi connectivity index (χ1) is 13.9. The number of carbonyl (C=O) groups excluding carboxylic acids is 2. The summed E-state index contributed by atoms with van der Waals surface area (Å²) in [5.74, 6) is 0.0135. The van der Waals surface area contributed by atoms with Crippen molar-refractivity contribution in [2.45, 2.75) is 53.0 Å². The highest BCUT2D eigenvalue weighted by molar-refractivity contribution is 5.98. The second-order valence-corrected chi connectivity index (χ2v) is 7.93. The predicted molar refractivity (Wildman–Crippen MR) is 118 cm³/mol. The molecule has 2 amide bonds. The number of aromatic nitrogens is 1. The van der Waals surface area contributed by atoms with Crippen LogP contribution in [0.15, 0.2) is 36.4 Å². The Morgan fingerprint density at radius 2 is 2.03 bits per heavy atom. The normalized spacial score (nSPS) is 15.6. The van der Waals surface area contributed by atoms with Crippen LogP contribution in [0.1, 0.15) is 43.2 Å². The van der Waals surface area contributed by atoms with Crippen molar-refractivity contribution in [3.63, 3.8) is 0 Å². The molecule has 5 nitrogen and oxygen atoms in total. The van der Waals surface area contributed by atoms with E-state index >= 15 is 0 Å². The van der Waals surface area contributed by atoms with E-state index in [-0.39, 0.29) is 17.9 Å². The number of aryl methyl sites for hydroxylation is 2. The summed E-state index contributed by atoms with van der Waals surface area (Å²) in [7, 11) is 0. The number of fused-ring (bicyclic) bond motifs is 2. The predicted octanol–water partition coefficient (Wildman–Crippen LogP) is 4.52. The number of rotatable bonds is 4. The monoisotopic (exact) mass is 389 g/mol. The molecule has 0 spiro atoms. The first kappa shape index (κ1) is 19.2. The number of aromatic amines is 1. The minimum Gasteiger partial charge on any atom is -0.358 e. The van der Waals surface area contributed by atoms with E-state index in [1.54, 1.807) is 6.92 Å². The van der Waals surface area contributed by atoms with Crippen LogP contribution in [0, 0.1) is 6.92 Å². The van der Waals surface area contributed by atoms with Crippen LogP contribution in [-0.2, 0) is 28.9 Å². The zero-order valence-corrected chi connectivity index (χ0v) is 17.4. The molecule has 4 rings (SSSR count). The van der Waals surface area contributed by atoms with Gasteiger partial charge in [-0.3, -0.25) is 9.59 Å². The summed E-state index contributed by atoms with van der Waals surface area (Å²) in [5, 5.41) is 4.16. The van der Waals surface area contributed by atoms with Crippen molar-refractivity contribution >= 4 is 34.1 Å². The van der Waals surface area contributed by atoms with E-state index in [9.17, 15) is 9.59 Å². The summed E-state index contributed by atoms with van der Waals surface area (Å²) in [6.07, 6.45) is 2.08. The Balaban J connectivity index is 1.55. The highest BCUT2D eigenvalue weighted by Gasteiger charge is 2.29. The maximum absolute atomic E-state index is 12.8. The minimum absolute atomic E-state index is 0.0367. The lowest BCUT2D eigenvalue weighted by molar-refractivity contribution is -0.117. The number of nitrogens with one attached hydrogen (secondary N) is 2. The molecule has 1 aromatic heterocycles. The van der Waals surface area contributed by atoms with E-state index in [4.69, 9.17) is 0 Å². The summed E-state index contributed by atoms with van der Waals surface area (Å²) in [6, 6.07) is 12.2. The molecule has 2 N–H and O–H groups in total. The van der Waals surface area contributed by atoms with Crippen LogP contribution >= 0.6 is 0 Å². The van der Waals surface area contributed by atoms with Crippen molar-refractivity contribution in [2.24, 2.45) is 0 Å². The van der Waals surface area contributed by atoms with Gasteiger partial charge >= 0.3 is 0 Å². The van der Waals surface area contributed by atoms with Crippen molar-refractivity contribution in [3.8, 4) is 0 Å². The van der Waals surface area contributed by atoms with Crippen LogP contribution in [0.4, 0.5) is 11.4 Å². The van der Waals surface area contributed by atoms with E-state index in [2.05, 4.69) is 35.4 Å². The van der Waals surface area contributed by atoms with Gasteiger partial charge < -0.3 is 15.2 Å². The average Bonchev–Trinajstić information content (AvgIpc) is 3.17. The fourth-order valence-electron chi connectivity index (χ4n) is 4.54. The molecule has 2 aromatic carbocycles. The van der Waals surface area contributed by atoms with Gasteiger partial charge in [-0.05, 0) is 61.6 Å². The number of para-hydroxylation sites is 1. The number of amides is 2. The lowest BCUT2D eigenvalue weighted by atomic mass is 10.0. The van der Waals surface area contributed by atoms with Gasteiger partial charge in [0.1, 0.15) is 0 Å². The van der Waals surface area contributed by atoms with Gasteiger partial charge in [-0.15, -0.1) is 0 Å². The summed E-state index contributed by atoms with van der Waals surface area (Å²) in [6.45, 7) is 7.80. The Morgan fingerprint density at radius 3 is 2.76 bits per heavy atom. The fourth-order valence-corrected chi connectivity index (χ4v) is 4.54. The number of nitrogens with zero attached hydrogens (tertiary/aromatic N) is 1. The largest absolute Gasteiger partial charge is 0.358 e. The molecule has 0 aliphatic carbocycles. The van der Waals surface area contributed by atoms with E-state index in [1.165, 1.54) is 5.56 Å². The number of hydrogen-bond acceptors (Lipinski definition) is 2. The molecule has 29 heavy (non-hydrogen) atoms. The van der Waals surface area contributed by atoms with Crippen LogP contribution in [0.2, 0.25) is 0 Å². The molecule has 3 aromatic rings. The standard InChI is InChI=1S/C24H27N3O2/c1-5-17-7-6-8-20-21(15(3)25-24(17)20)13-23(29)26-19-9-10-22-18(12-19)11-14(2)27(22)16(4)28/h6-10,12,14,25H,5,11,13H2,1-4H3,(H,26,29)/t14-/m0/s1. The van der Waals surface area contributed by atoms with Crippen molar-refractivity contribution in [2.75, 3.05) is 10.2 Å². The van der Waals surface area contributed by atoms with Crippen molar-refractivity contribution < 1.29 is 9.59 Å². The Hall–Kier alpha value is -3.08. The Bertz CT molecular complexity index is 1110. The molecule has 1 atom stereocenters. The molecular weight excluding hydrogens is 362 g/mol. The topological polar surface area (TPSA) is 65.2 Å². The van der Waals surface area contributed by atoms with E-state index < -0.39 is 0 Å². The van der Waals surface area contributed by atoms with Gasteiger partial charge in [-0.1, -0.05) is 25.1 Å². The lowest BCUT2D eigenvalue weighted by Gasteiger charge is -2.20. The smallest absolute Gasteiger partial charge is 0.228 e. The number of hydrogen-bond donors (Lipinski definition) is 2. The number of anilines is 2. The van der Waals surface area contributed by atoms with Crippen LogP contribution in [0.3, 0.4) is 0 Å². The van der Waals surface area contributed by atoms with Crippen LogP contribution < -0.4 is 10.2 Å². The van der Waals surface area contributed by atoms with Crippen LogP contribution in [-0.4, -0.2) is 22.8 Å². The SMILES string of the molecule is CCc1cccc2c(CC(=O)Nc3ccc4c(c3)C[C@H](C)N4C(C)=O)c(C)[nH]c12. The van der Waals surface area contributed by atoms with Gasteiger partial charge in [-0.2, -0.15) is 0 Å². The van der Waals surface area contributed by atoms with Crippen molar-refractivity contribution in [1.82, 2.24) is 4.98 Å². The zero-order chi connectivity index (χ0) is 20.7. The molecule has 1 aliphatic heterocycles. The maximum atomic E-state index is 12.8. The number of H-pyrrole nitrogens is 1. The van der Waals surface area contributed by atoms with E-state index in [0.717, 1.165) is 51.9 Å². The average molecular weight is 389 g/mol. The van der Waals surface area contributed by atoms with Gasteiger partial charge in [0.15, 0.2) is 0 Å². The molecule has 0 fully saturated rings. The van der Waals surface area contributed by atoms with Crippen LogP contribution in [0.5, 0.6) is 0 Å². The van der Waals surface area contributed by atoms with Gasteiger partial charge in [0, 0.05) is 40.9 Å². The molecule has 0 saturated heterocycles. The lowest BCUT2D eigenvalue weighted by Crippen LogP contribution is -2.33. The minimum atomic E-state index is -0.0367. The van der Waals surface area contributed by atoms with Gasteiger partial charge in [0.05, 0.1) is 6.42 Å². The summed E-state index contributed by atoms with van der Waals surface area (Å²) < 4.78 is 0. The molecule has 0 bridgehead atoms. The first-order valence-corrected chi connectivity index (χ1v) is 10.2. The van der Waals surface area contributed by atoms with Gasteiger partial charge in [0.2, 0.25) is 11.8 Å². The summed E-state index contributed by atoms with van der Waals surface area (Å²) in [4.78, 5) is 29.9. The van der Waals surface area contributed by atoms with E-state index in [0.29, 0.717) is 6.42 Å². The van der Waals surface area contributed by atoms with Crippen molar-refractivity contribution in [3.05, 3.63) is 58.8 Å². The molecule has 0 unspecified atom stereocenters. The third-order valence-electron chi connectivity index (χ3n) is 5.88. The highest BCUT2D eigenvalue weighted by Crippen LogP contribution is 2.34. The Labute approximate surface area is 171 Å². The molecule has 0 radical (unpaired) electrons. The third-order valence-corrected chi connectivity index (χ3v) is 5.88. The number of carbonyl (C=O) groups is 2. The van der Waals surface area contributed by atoms with Gasteiger partial charge in [-0.25, -0.2) is 0 Å². The fraction of sp³-hybridized carbons (Fsp3) is 0.333.